The van der Waals surface area contributed by atoms with Crippen LogP contribution in [0.2, 0.25) is 10.0 Å². The molecule has 0 saturated carbocycles. The number of nitrogens with one attached hydrogen (secondary N) is 1. The lowest BCUT2D eigenvalue weighted by Gasteiger charge is -2.09. The summed E-state index contributed by atoms with van der Waals surface area (Å²) in [4.78, 5) is 4.30. The van der Waals surface area contributed by atoms with E-state index in [9.17, 15) is 0 Å². The van der Waals surface area contributed by atoms with Crippen LogP contribution >= 0.6 is 23.2 Å². The van der Waals surface area contributed by atoms with E-state index in [1.165, 1.54) is 0 Å². The molecular formula is C13H12Cl2N2O. The summed E-state index contributed by atoms with van der Waals surface area (Å²) in [6.07, 6.45) is 0. The molecule has 0 aliphatic rings. The van der Waals surface area contributed by atoms with Gasteiger partial charge in [0.1, 0.15) is 0 Å². The van der Waals surface area contributed by atoms with Gasteiger partial charge < -0.3 is 10.1 Å². The van der Waals surface area contributed by atoms with Crippen LogP contribution in [0.4, 0.5) is 5.69 Å². The zero-order chi connectivity index (χ0) is 13.0. The van der Waals surface area contributed by atoms with Gasteiger partial charge >= 0.3 is 0 Å². The smallest absolute Gasteiger partial charge is 0.213 e. The molecular weight excluding hydrogens is 271 g/mol. The lowest BCUT2D eigenvalue weighted by Crippen LogP contribution is -2.02. The summed E-state index contributed by atoms with van der Waals surface area (Å²) >= 11 is 12.0. The summed E-state index contributed by atoms with van der Waals surface area (Å²) < 4.78 is 5.06. The average molecular weight is 283 g/mol. The molecule has 18 heavy (non-hydrogen) atoms. The SMILES string of the molecule is COc1cccc(CNc2cccc(Cl)c2Cl)n1. The van der Waals surface area contributed by atoms with Crippen LogP contribution in [-0.4, -0.2) is 12.1 Å². The Hall–Kier alpha value is -1.45. The number of pyridine rings is 1. The van der Waals surface area contributed by atoms with E-state index in [4.69, 9.17) is 27.9 Å². The number of methoxy groups -OCH3 is 1. The molecule has 94 valence electrons. The van der Waals surface area contributed by atoms with Crippen molar-refractivity contribution in [3.05, 3.63) is 52.1 Å². The van der Waals surface area contributed by atoms with E-state index < -0.39 is 0 Å². The van der Waals surface area contributed by atoms with Crippen molar-refractivity contribution in [3.8, 4) is 5.88 Å². The number of halogens is 2. The topological polar surface area (TPSA) is 34.1 Å². The Morgan fingerprint density at radius 2 is 1.94 bits per heavy atom. The Labute approximate surface area is 116 Å². The van der Waals surface area contributed by atoms with Gasteiger partial charge in [-0.1, -0.05) is 35.3 Å². The molecule has 1 aromatic heterocycles. The maximum absolute atomic E-state index is 6.08. The molecule has 0 spiro atoms. The highest BCUT2D eigenvalue weighted by Gasteiger charge is 2.04. The monoisotopic (exact) mass is 282 g/mol. The van der Waals surface area contributed by atoms with Crippen LogP contribution in [-0.2, 0) is 6.54 Å². The molecule has 1 N–H and O–H groups in total. The fraction of sp³-hybridized carbons (Fsp3) is 0.154. The fourth-order valence-corrected chi connectivity index (χ4v) is 1.86. The molecule has 1 aromatic carbocycles. The predicted molar refractivity (Wildman–Crippen MR) is 74.6 cm³/mol. The lowest BCUT2D eigenvalue weighted by atomic mass is 10.3. The lowest BCUT2D eigenvalue weighted by molar-refractivity contribution is 0.396. The first-order valence-electron chi connectivity index (χ1n) is 5.38. The third kappa shape index (κ3) is 3.06. The van der Waals surface area contributed by atoms with Crippen molar-refractivity contribution >= 4 is 28.9 Å². The normalized spacial score (nSPS) is 10.2. The first-order chi connectivity index (χ1) is 8.70. The van der Waals surface area contributed by atoms with Gasteiger partial charge in [0.05, 0.1) is 35.1 Å². The Bertz CT molecular complexity index is 546. The number of anilines is 1. The van der Waals surface area contributed by atoms with Crippen LogP contribution in [0.5, 0.6) is 5.88 Å². The molecule has 0 radical (unpaired) electrons. The highest BCUT2D eigenvalue weighted by Crippen LogP contribution is 2.29. The number of hydrogen-bond donors (Lipinski definition) is 1. The number of hydrogen-bond acceptors (Lipinski definition) is 3. The van der Waals surface area contributed by atoms with Crippen molar-refractivity contribution in [1.82, 2.24) is 4.98 Å². The minimum absolute atomic E-state index is 0.516. The zero-order valence-corrected chi connectivity index (χ0v) is 11.3. The second-order valence-corrected chi connectivity index (χ2v) is 4.41. The number of nitrogens with zero attached hydrogens (tertiary/aromatic N) is 1. The van der Waals surface area contributed by atoms with Gasteiger partial charge in [-0.15, -0.1) is 0 Å². The van der Waals surface area contributed by atoms with E-state index in [-0.39, 0.29) is 0 Å². The van der Waals surface area contributed by atoms with Gasteiger partial charge in [0, 0.05) is 6.07 Å². The van der Waals surface area contributed by atoms with Crippen molar-refractivity contribution in [3.63, 3.8) is 0 Å². The Morgan fingerprint density at radius 3 is 2.72 bits per heavy atom. The molecule has 2 rings (SSSR count). The van der Waals surface area contributed by atoms with E-state index in [0.717, 1.165) is 11.4 Å². The largest absolute Gasteiger partial charge is 0.481 e. The van der Waals surface area contributed by atoms with E-state index in [0.29, 0.717) is 22.5 Å². The van der Waals surface area contributed by atoms with E-state index >= 15 is 0 Å². The third-order valence-corrected chi connectivity index (χ3v) is 3.22. The Balaban J connectivity index is 2.09. The first-order valence-corrected chi connectivity index (χ1v) is 6.14. The summed E-state index contributed by atoms with van der Waals surface area (Å²) in [6.45, 7) is 0.553. The molecule has 3 nitrogen and oxygen atoms in total. The van der Waals surface area contributed by atoms with Crippen LogP contribution in [0.25, 0.3) is 0 Å². The fourth-order valence-electron chi connectivity index (χ4n) is 1.50. The van der Waals surface area contributed by atoms with Crippen LogP contribution in [0.3, 0.4) is 0 Å². The standard InChI is InChI=1S/C13H12Cl2N2O/c1-18-12-7-2-4-9(17-12)8-16-11-6-3-5-10(14)13(11)15/h2-7,16H,8H2,1H3. The molecule has 0 aliphatic carbocycles. The van der Waals surface area contributed by atoms with Crippen LogP contribution in [0.15, 0.2) is 36.4 Å². The summed E-state index contributed by atoms with van der Waals surface area (Å²) in [7, 11) is 1.59. The number of rotatable bonds is 4. The van der Waals surface area contributed by atoms with Gasteiger partial charge in [-0.2, -0.15) is 0 Å². The second kappa shape index (κ2) is 5.94. The van der Waals surface area contributed by atoms with Crippen molar-refractivity contribution in [1.29, 1.82) is 0 Å². The molecule has 0 unspecified atom stereocenters. The van der Waals surface area contributed by atoms with Gasteiger partial charge in [-0.05, 0) is 18.2 Å². The molecule has 0 atom stereocenters. The molecule has 0 saturated heterocycles. The number of ether oxygens (including phenoxy) is 1. The minimum atomic E-state index is 0.516. The van der Waals surface area contributed by atoms with E-state index in [2.05, 4.69) is 10.3 Å². The van der Waals surface area contributed by atoms with Gasteiger partial charge in [-0.3, -0.25) is 0 Å². The summed E-state index contributed by atoms with van der Waals surface area (Å²) in [5.74, 6) is 0.589. The number of aromatic nitrogens is 1. The predicted octanol–water partition coefficient (Wildman–Crippen LogP) is 4.01. The van der Waals surface area contributed by atoms with Gasteiger partial charge in [0.15, 0.2) is 0 Å². The second-order valence-electron chi connectivity index (χ2n) is 3.63. The molecule has 5 heteroatoms. The highest BCUT2D eigenvalue weighted by molar-refractivity contribution is 6.43. The Kier molecular flexibility index (Phi) is 4.28. The van der Waals surface area contributed by atoms with Gasteiger partial charge in [-0.25, -0.2) is 4.98 Å². The maximum atomic E-state index is 6.08. The minimum Gasteiger partial charge on any atom is -0.481 e. The summed E-state index contributed by atoms with van der Waals surface area (Å²) in [5, 5.41) is 4.23. The van der Waals surface area contributed by atoms with Crippen molar-refractivity contribution in [2.45, 2.75) is 6.54 Å². The van der Waals surface area contributed by atoms with E-state index in [1.807, 2.05) is 24.3 Å². The molecule has 0 aliphatic heterocycles. The highest BCUT2D eigenvalue weighted by atomic mass is 35.5. The summed E-state index contributed by atoms with van der Waals surface area (Å²) in [5.41, 5.74) is 1.65. The van der Waals surface area contributed by atoms with Crippen LogP contribution < -0.4 is 10.1 Å². The van der Waals surface area contributed by atoms with Crippen molar-refractivity contribution in [2.24, 2.45) is 0 Å². The summed E-state index contributed by atoms with van der Waals surface area (Å²) in [6, 6.07) is 11.1. The van der Waals surface area contributed by atoms with Gasteiger partial charge in [0.2, 0.25) is 5.88 Å². The van der Waals surface area contributed by atoms with Crippen LogP contribution in [0, 0.1) is 0 Å². The molecule has 0 fully saturated rings. The number of benzene rings is 1. The van der Waals surface area contributed by atoms with Crippen molar-refractivity contribution in [2.75, 3.05) is 12.4 Å². The van der Waals surface area contributed by atoms with Crippen LogP contribution in [0.1, 0.15) is 5.69 Å². The molecule has 2 aromatic rings. The quantitative estimate of drug-likeness (QED) is 0.920. The zero-order valence-electron chi connectivity index (χ0n) is 9.78. The molecule has 1 heterocycles. The van der Waals surface area contributed by atoms with Crippen molar-refractivity contribution < 1.29 is 4.74 Å². The average Bonchev–Trinajstić information content (AvgIpc) is 2.41. The van der Waals surface area contributed by atoms with Gasteiger partial charge in [0.25, 0.3) is 0 Å². The maximum Gasteiger partial charge on any atom is 0.213 e. The third-order valence-electron chi connectivity index (χ3n) is 2.40. The molecule has 0 bridgehead atoms. The molecule has 0 amide bonds. The Morgan fingerprint density at radius 1 is 1.17 bits per heavy atom. The first kappa shape index (κ1) is 13.0. The van der Waals surface area contributed by atoms with E-state index in [1.54, 1.807) is 19.2 Å².